The zero-order valence-electron chi connectivity index (χ0n) is 13.8. The minimum atomic E-state index is -0.479. The third-order valence-corrected chi connectivity index (χ3v) is 3.73. The number of primary amides is 1. The first-order valence-corrected chi connectivity index (χ1v) is 7.72. The summed E-state index contributed by atoms with van der Waals surface area (Å²) >= 11 is 0. The van der Waals surface area contributed by atoms with E-state index in [1.807, 2.05) is 20.8 Å². The van der Waals surface area contributed by atoms with Gasteiger partial charge in [-0.1, -0.05) is 20.8 Å². The average Bonchev–Trinajstić information content (AvgIpc) is 2.48. The molecule has 0 bridgehead atoms. The molecule has 1 heterocycles. The van der Waals surface area contributed by atoms with Gasteiger partial charge in [-0.2, -0.15) is 0 Å². The Labute approximate surface area is 136 Å². The molecule has 0 saturated carbocycles. The van der Waals surface area contributed by atoms with Gasteiger partial charge in [0, 0.05) is 17.6 Å². The van der Waals surface area contributed by atoms with E-state index in [0.717, 1.165) is 0 Å². The molecule has 6 heteroatoms. The zero-order chi connectivity index (χ0) is 17.0. The summed E-state index contributed by atoms with van der Waals surface area (Å²) in [5.74, 6) is 0.121. The molecule has 6 nitrogen and oxygen atoms in total. The highest BCUT2D eigenvalue weighted by Crippen LogP contribution is 2.20. The Bertz CT molecular complexity index is 563. The van der Waals surface area contributed by atoms with Crippen LogP contribution < -0.4 is 15.8 Å². The zero-order valence-corrected chi connectivity index (χ0v) is 13.8. The van der Waals surface area contributed by atoms with Crippen LogP contribution in [0.2, 0.25) is 0 Å². The number of nitrogens with one attached hydrogen (secondary N) is 1. The maximum atomic E-state index is 12.2. The van der Waals surface area contributed by atoms with Crippen LogP contribution in [0.5, 0.6) is 5.75 Å². The van der Waals surface area contributed by atoms with Crippen LogP contribution in [0.3, 0.4) is 0 Å². The maximum Gasteiger partial charge on any atom is 0.248 e. The van der Waals surface area contributed by atoms with Crippen molar-refractivity contribution in [2.75, 3.05) is 13.2 Å². The molecular formula is C17H24N2O4. The molecule has 1 aliphatic rings. The van der Waals surface area contributed by atoms with Crippen molar-refractivity contribution < 1.29 is 19.1 Å². The molecule has 126 valence electrons. The molecular weight excluding hydrogens is 296 g/mol. The van der Waals surface area contributed by atoms with Crippen molar-refractivity contribution in [2.24, 2.45) is 11.1 Å². The number of rotatable bonds is 4. The Hall–Kier alpha value is -2.08. The molecule has 0 spiro atoms. The van der Waals surface area contributed by atoms with Crippen LogP contribution in [0.15, 0.2) is 24.3 Å². The Morgan fingerprint density at radius 1 is 1.26 bits per heavy atom. The Morgan fingerprint density at radius 3 is 2.48 bits per heavy atom. The summed E-state index contributed by atoms with van der Waals surface area (Å²) in [6.07, 6.45) is 0.431. The summed E-state index contributed by atoms with van der Waals surface area (Å²) < 4.78 is 11.4. The minimum Gasteiger partial charge on any atom is -0.486 e. The van der Waals surface area contributed by atoms with E-state index >= 15 is 0 Å². The standard InChI is InChI=1S/C17H24N2O4/c1-17(2,3)16(21)19-13-8-9-22-10-14(13)23-12-6-4-11(5-7-12)15(18)20/h4-7,13-14H,8-10H2,1-3H3,(H2,18,20)(H,19,21). The van der Waals surface area contributed by atoms with E-state index in [9.17, 15) is 9.59 Å². The molecule has 1 aromatic carbocycles. The topological polar surface area (TPSA) is 90.7 Å². The first-order chi connectivity index (χ1) is 10.8. The Balaban J connectivity index is 2.03. The lowest BCUT2D eigenvalue weighted by molar-refractivity contribution is -0.131. The summed E-state index contributed by atoms with van der Waals surface area (Å²) in [5.41, 5.74) is 5.19. The summed E-state index contributed by atoms with van der Waals surface area (Å²) in [6.45, 7) is 6.63. The first-order valence-electron chi connectivity index (χ1n) is 7.72. The number of amides is 2. The van der Waals surface area contributed by atoms with Gasteiger partial charge in [0.2, 0.25) is 11.8 Å². The van der Waals surface area contributed by atoms with Gasteiger partial charge in [-0.25, -0.2) is 0 Å². The van der Waals surface area contributed by atoms with E-state index in [2.05, 4.69) is 5.32 Å². The SMILES string of the molecule is CC(C)(C)C(=O)NC1CCOCC1Oc1ccc(C(N)=O)cc1. The van der Waals surface area contributed by atoms with Crippen LogP contribution in [0.25, 0.3) is 0 Å². The maximum absolute atomic E-state index is 12.2. The average molecular weight is 320 g/mol. The number of hydrogen-bond donors (Lipinski definition) is 2. The van der Waals surface area contributed by atoms with Gasteiger partial charge in [-0.05, 0) is 30.7 Å². The fourth-order valence-corrected chi connectivity index (χ4v) is 2.25. The highest BCUT2D eigenvalue weighted by Gasteiger charge is 2.32. The summed E-state index contributed by atoms with van der Waals surface area (Å²) in [5, 5.41) is 3.04. The summed E-state index contributed by atoms with van der Waals surface area (Å²) in [6, 6.07) is 6.51. The second kappa shape index (κ2) is 7.00. The molecule has 0 aromatic heterocycles. The number of carbonyl (C=O) groups is 2. The van der Waals surface area contributed by atoms with Crippen molar-refractivity contribution in [2.45, 2.75) is 39.3 Å². The van der Waals surface area contributed by atoms with Gasteiger partial charge < -0.3 is 20.5 Å². The monoisotopic (exact) mass is 320 g/mol. The van der Waals surface area contributed by atoms with Gasteiger partial charge in [0.15, 0.2) is 0 Å². The van der Waals surface area contributed by atoms with Crippen LogP contribution in [-0.4, -0.2) is 37.2 Å². The van der Waals surface area contributed by atoms with E-state index in [0.29, 0.717) is 30.9 Å². The molecule has 2 unspecified atom stereocenters. The van der Waals surface area contributed by atoms with Crippen molar-refractivity contribution in [3.05, 3.63) is 29.8 Å². The van der Waals surface area contributed by atoms with Crippen LogP contribution in [0.4, 0.5) is 0 Å². The third kappa shape index (κ3) is 4.69. The van der Waals surface area contributed by atoms with Crippen molar-refractivity contribution in [1.82, 2.24) is 5.32 Å². The quantitative estimate of drug-likeness (QED) is 0.879. The van der Waals surface area contributed by atoms with E-state index < -0.39 is 11.3 Å². The van der Waals surface area contributed by atoms with Gasteiger partial charge in [-0.15, -0.1) is 0 Å². The molecule has 0 aliphatic carbocycles. The minimum absolute atomic E-state index is 0.0120. The van der Waals surface area contributed by atoms with Gasteiger partial charge in [0.05, 0.1) is 12.6 Å². The second-order valence-electron chi connectivity index (χ2n) is 6.74. The predicted octanol–water partition coefficient (Wildman–Crippen LogP) is 1.48. The van der Waals surface area contributed by atoms with E-state index in [4.69, 9.17) is 15.2 Å². The molecule has 2 amide bonds. The van der Waals surface area contributed by atoms with Crippen molar-refractivity contribution in [1.29, 1.82) is 0 Å². The van der Waals surface area contributed by atoms with Gasteiger partial charge in [0.1, 0.15) is 11.9 Å². The van der Waals surface area contributed by atoms with Crippen molar-refractivity contribution >= 4 is 11.8 Å². The number of benzene rings is 1. The normalized spacial score (nSPS) is 21.5. The van der Waals surface area contributed by atoms with Crippen molar-refractivity contribution in [3.63, 3.8) is 0 Å². The third-order valence-electron chi connectivity index (χ3n) is 3.73. The highest BCUT2D eigenvalue weighted by molar-refractivity contribution is 5.92. The second-order valence-corrected chi connectivity index (χ2v) is 6.74. The molecule has 2 atom stereocenters. The van der Waals surface area contributed by atoms with Gasteiger partial charge >= 0.3 is 0 Å². The lowest BCUT2D eigenvalue weighted by Crippen LogP contribution is -2.53. The Morgan fingerprint density at radius 2 is 1.91 bits per heavy atom. The molecule has 1 saturated heterocycles. The number of ether oxygens (including phenoxy) is 2. The van der Waals surface area contributed by atoms with Gasteiger partial charge in [-0.3, -0.25) is 9.59 Å². The predicted molar refractivity (Wildman–Crippen MR) is 86.2 cm³/mol. The van der Waals surface area contributed by atoms with Crippen LogP contribution in [0, 0.1) is 5.41 Å². The lowest BCUT2D eigenvalue weighted by Gasteiger charge is -2.34. The lowest BCUT2D eigenvalue weighted by atomic mass is 9.94. The number of carbonyl (C=O) groups excluding carboxylic acids is 2. The smallest absolute Gasteiger partial charge is 0.248 e. The molecule has 0 radical (unpaired) electrons. The van der Waals surface area contributed by atoms with E-state index in [-0.39, 0.29) is 18.1 Å². The summed E-state index contributed by atoms with van der Waals surface area (Å²) in [4.78, 5) is 23.3. The van der Waals surface area contributed by atoms with Crippen LogP contribution in [-0.2, 0) is 9.53 Å². The van der Waals surface area contributed by atoms with E-state index in [1.165, 1.54) is 0 Å². The molecule has 2 rings (SSSR count). The van der Waals surface area contributed by atoms with Crippen LogP contribution in [0.1, 0.15) is 37.6 Å². The molecule has 3 N–H and O–H groups in total. The fourth-order valence-electron chi connectivity index (χ4n) is 2.25. The van der Waals surface area contributed by atoms with Crippen molar-refractivity contribution in [3.8, 4) is 5.75 Å². The summed E-state index contributed by atoms with van der Waals surface area (Å²) in [7, 11) is 0. The largest absolute Gasteiger partial charge is 0.486 e. The Kier molecular flexibility index (Phi) is 5.26. The highest BCUT2D eigenvalue weighted by atomic mass is 16.5. The van der Waals surface area contributed by atoms with E-state index in [1.54, 1.807) is 24.3 Å². The van der Waals surface area contributed by atoms with Crippen LogP contribution >= 0.6 is 0 Å². The number of hydrogen-bond acceptors (Lipinski definition) is 4. The fraction of sp³-hybridized carbons (Fsp3) is 0.529. The first kappa shape index (κ1) is 17.3. The number of nitrogens with two attached hydrogens (primary N) is 1. The molecule has 1 aliphatic heterocycles. The molecule has 1 fully saturated rings. The molecule has 1 aromatic rings. The molecule has 23 heavy (non-hydrogen) atoms. The van der Waals surface area contributed by atoms with Gasteiger partial charge in [0.25, 0.3) is 0 Å².